The minimum atomic E-state index is -0.780. The standard InChI is InChI=1S/C27H21FN4O3/c1-17(2)23-21(26(34)32(29-23)18-11-5-3-6-12-18)22-24(30-15-9-4-10-16-30)27(35)31(25(22)33)20-14-8-7-13-19(20)28/h3-17H,1-2H3. The van der Waals surface area contributed by atoms with Gasteiger partial charge in [-0.15, -0.1) is 0 Å². The molecule has 0 atom stereocenters. The molecule has 8 heteroatoms. The Morgan fingerprint density at radius 3 is 2.17 bits per heavy atom. The average molecular weight is 468 g/mol. The van der Waals surface area contributed by atoms with Crippen molar-refractivity contribution in [1.82, 2.24) is 9.78 Å². The lowest BCUT2D eigenvalue weighted by Crippen LogP contribution is -2.39. The molecule has 0 fully saturated rings. The van der Waals surface area contributed by atoms with E-state index in [2.05, 4.69) is 5.10 Å². The van der Waals surface area contributed by atoms with Crippen LogP contribution >= 0.6 is 0 Å². The van der Waals surface area contributed by atoms with E-state index in [-0.39, 0.29) is 28.4 Å². The van der Waals surface area contributed by atoms with Crippen LogP contribution in [0.4, 0.5) is 10.1 Å². The number of nitrogens with zero attached hydrogens (tertiary/aromatic N) is 4. The summed E-state index contributed by atoms with van der Waals surface area (Å²) in [5, 5.41) is 18.3. The third kappa shape index (κ3) is 3.59. The van der Waals surface area contributed by atoms with Gasteiger partial charge in [0.2, 0.25) is 0 Å². The molecule has 2 aromatic heterocycles. The number of aromatic nitrogens is 3. The summed E-state index contributed by atoms with van der Waals surface area (Å²) in [6.07, 6.45) is 3.21. The van der Waals surface area contributed by atoms with Gasteiger partial charge in [-0.2, -0.15) is 9.67 Å². The van der Waals surface area contributed by atoms with E-state index >= 15 is 0 Å². The summed E-state index contributed by atoms with van der Waals surface area (Å²) in [5.41, 5.74) is 0.617. The molecule has 3 heterocycles. The first kappa shape index (κ1) is 22.2. The number of hydrogen-bond acceptors (Lipinski definition) is 4. The summed E-state index contributed by atoms with van der Waals surface area (Å²) in [6.45, 7) is 3.71. The van der Waals surface area contributed by atoms with Crippen LogP contribution in [-0.4, -0.2) is 21.6 Å². The lowest BCUT2D eigenvalue weighted by atomic mass is 9.98. The largest absolute Gasteiger partial charge is 0.858 e. The summed E-state index contributed by atoms with van der Waals surface area (Å²) in [5.74, 6) is -2.99. The van der Waals surface area contributed by atoms with Crippen molar-refractivity contribution in [2.24, 2.45) is 0 Å². The Morgan fingerprint density at radius 2 is 1.51 bits per heavy atom. The van der Waals surface area contributed by atoms with E-state index in [4.69, 9.17) is 0 Å². The first-order valence-corrected chi connectivity index (χ1v) is 11.1. The van der Waals surface area contributed by atoms with E-state index < -0.39 is 23.5 Å². The molecule has 1 aliphatic rings. The van der Waals surface area contributed by atoms with Gasteiger partial charge in [-0.25, -0.2) is 14.0 Å². The van der Waals surface area contributed by atoms with Gasteiger partial charge in [-0.1, -0.05) is 50.2 Å². The number of hydrogen-bond donors (Lipinski definition) is 0. The van der Waals surface area contributed by atoms with E-state index in [0.717, 1.165) is 4.90 Å². The van der Waals surface area contributed by atoms with Gasteiger partial charge in [-0.05, 0) is 36.1 Å². The Labute approximate surface area is 201 Å². The maximum atomic E-state index is 14.7. The number of benzene rings is 2. The van der Waals surface area contributed by atoms with Gasteiger partial charge in [0.1, 0.15) is 11.4 Å². The Kier molecular flexibility index (Phi) is 5.49. The van der Waals surface area contributed by atoms with Crippen LogP contribution in [0.15, 0.2) is 85.2 Å². The molecule has 0 spiro atoms. The van der Waals surface area contributed by atoms with E-state index in [0.29, 0.717) is 11.4 Å². The fourth-order valence-electron chi connectivity index (χ4n) is 4.18. The molecule has 174 valence electrons. The molecule has 2 amide bonds. The predicted molar refractivity (Wildman–Crippen MR) is 126 cm³/mol. The fourth-order valence-corrected chi connectivity index (χ4v) is 4.18. The lowest BCUT2D eigenvalue weighted by Gasteiger charge is -2.16. The van der Waals surface area contributed by atoms with Gasteiger partial charge in [-0.3, -0.25) is 9.59 Å². The first-order valence-electron chi connectivity index (χ1n) is 11.1. The van der Waals surface area contributed by atoms with E-state index in [9.17, 15) is 19.1 Å². The molecule has 35 heavy (non-hydrogen) atoms. The molecular formula is C27H21FN4O3. The average Bonchev–Trinajstić information content (AvgIpc) is 3.33. The summed E-state index contributed by atoms with van der Waals surface area (Å²) < 4.78 is 17.4. The molecular weight excluding hydrogens is 447 g/mol. The molecule has 0 aliphatic carbocycles. The Morgan fingerprint density at radius 1 is 0.886 bits per heavy atom. The third-order valence-corrected chi connectivity index (χ3v) is 5.79. The van der Waals surface area contributed by atoms with E-state index in [1.807, 2.05) is 19.9 Å². The molecule has 1 aliphatic heterocycles. The highest BCUT2D eigenvalue weighted by Crippen LogP contribution is 2.40. The highest BCUT2D eigenvalue weighted by atomic mass is 19.1. The van der Waals surface area contributed by atoms with Crippen LogP contribution in [0, 0.1) is 5.82 Å². The quantitative estimate of drug-likeness (QED) is 0.332. The zero-order chi connectivity index (χ0) is 24.7. The molecule has 0 N–H and O–H groups in total. The molecule has 0 saturated carbocycles. The summed E-state index contributed by atoms with van der Waals surface area (Å²) >= 11 is 0. The number of anilines is 1. The minimum absolute atomic E-state index is 0.0346. The number of imide groups is 1. The second-order valence-electron chi connectivity index (χ2n) is 8.37. The topological polar surface area (TPSA) is 82.1 Å². The van der Waals surface area contributed by atoms with E-state index in [1.54, 1.807) is 54.9 Å². The Balaban J connectivity index is 1.80. The van der Waals surface area contributed by atoms with Crippen molar-refractivity contribution in [3.8, 4) is 11.6 Å². The van der Waals surface area contributed by atoms with Gasteiger partial charge in [0.25, 0.3) is 11.6 Å². The maximum Gasteiger partial charge on any atom is 0.331 e. The third-order valence-electron chi connectivity index (χ3n) is 5.79. The zero-order valence-electron chi connectivity index (χ0n) is 19.1. The van der Waals surface area contributed by atoms with Crippen LogP contribution in [0.3, 0.4) is 0 Å². The van der Waals surface area contributed by atoms with Crippen LogP contribution in [0.25, 0.3) is 17.0 Å². The normalized spacial score (nSPS) is 13.9. The number of para-hydroxylation sites is 2. The summed E-state index contributed by atoms with van der Waals surface area (Å²) in [7, 11) is 0. The van der Waals surface area contributed by atoms with Crippen LogP contribution in [0.2, 0.25) is 0 Å². The minimum Gasteiger partial charge on any atom is -0.858 e. The molecule has 7 nitrogen and oxygen atoms in total. The smallest absolute Gasteiger partial charge is 0.331 e. The second-order valence-corrected chi connectivity index (χ2v) is 8.37. The molecule has 0 saturated heterocycles. The van der Waals surface area contributed by atoms with Crippen LogP contribution in [0.5, 0.6) is 5.88 Å². The van der Waals surface area contributed by atoms with Crippen molar-refractivity contribution >= 4 is 28.8 Å². The Bertz CT molecular complexity index is 1480. The number of carbonyl (C=O) groups excluding carboxylic acids is 2. The lowest BCUT2D eigenvalue weighted by molar-refractivity contribution is -0.576. The summed E-state index contributed by atoms with van der Waals surface area (Å²) in [6, 6.07) is 19.5. The highest BCUT2D eigenvalue weighted by molar-refractivity contribution is 6.53. The van der Waals surface area contributed by atoms with Crippen molar-refractivity contribution in [1.29, 1.82) is 0 Å². The van der Waals surface area contributed by atoms with Crippen molar-refractivity contribution in [3.05, 3.63) is 102 Å². The molecule has 5 rings (SSSR count). The van der Waals surface area contributed by atoms with Gasteiger partial charge >= 0.3 is 5.91 Å². The molecule has 0 bridgehead atoms. The molecule has 2 aromatic carbocycles. The van der Waals surface area contributed by atoms with Gasteiger partial charge in [0.05, 0.1) is 17.1 Å². The number of rotatable bonds is 5. The second kappa shape index (κ2) is 8.64. The number of amides is 2. The molecule has 4 aromatic rings. The Hall–Kier alpha value is -4.59. The van der Waals surface area contributed by atoms with Gasteiger partial charge in [0.15, 0.2) is 12.4 Å². The monoisotopic (exact) mass is 468 g/mol. The van der Waals surface area contributed by atoms with Crippen molar-refractivity contribution < 1.29 is 23.7 Å². The van der Waals surface area contributed by atoms with Crippen molar-refractivity contribution in [2.75, 3.05) is 4.90 Å². The van der Waals surface area contributed by atoms with Gasteiger partial charge in [0, 0.05) is 17.7 Å². The van der Waals surface area contributed by atoms with Gasteiger partial charge < -0.3 is 5.11 Å². The van der Waals surface area contributed by atoms with Crippen LogP contribution in [0.1, 0.15) is 31.0 Å². The first-order chi connectivity index (χ1) is 16.9. The highest BCUT2D eigenvalue weighted by Gasteiger charge is 2.48. The summed E-state index contributed by atoms with van der Waals surface area (Å²) in [4.78, 5) is 28.3. The maximum absolute atomic E-state index is 14.7. The molecule has 0 unspecified atom stereocenters. The van der Waals surface area contributed by atoms with Crippen LogP contribution < -0.4 is 14.6 Å². The number of pyridine rings is 1. The van der Waals surface area contributed by atoms with Crippen LogP contribution in [-0.2, 0) is 9.59 Å². The fraction of sp³-hybridized carbons (Fsp3) is 0.111. The van der Waals surface area contributed by atoms with Crippen molar-refractivity contribution in [2.45, 2.75) is 19.8 Å². The van der Waals surface area contributed by atoms with Crippen molar-refractivity contribution in [3.63, 3.8) is 0 Å². The predicted octanol–water partition coefficient (Wildman–Crippen LogP) is 3.44. The van der Waals surface area contributed by atoms with E-state index in [1.165, 1.54) is 33.5 Å². The number of carbonyl (C=O) groups is 2. The zero-order valence-corrected chi connectivity index (χ0v) is 19.1. The number of halogens is 1. The molecule has 0 radical (unpaired) electrons. The SMILES string of the molecule is CC(C)c1nn(-c2ccccc2)c([O-])c1C1=C([n+]2ccccc2)C(=O)N(c2ccccc2F)C1=O.